The highest BCUT2D eigenvalue weighted by Gasteiger charge is 2.23. The van der Waals surface area contributed by atoms with Gasteiger partial charge in [0.05, 0.1) is 13.2 Å². The van der Waals surface area contributed by atoms with Gasteiger partial charge in [-0.1, -0.05) is 6.07 Å². The third kappa shape index (κ3) is 6.50. The Morgan fingerprint density at radius 1 is 1.38 bits per heavy atom. The Morgan fingerprint density at radius 2 is 2.17 bits per heavy atom. The molecular formula is C16H27Cl2N3O2S. The maximum atomic E-state index is 12.1. The van der Waals surface area contributed by atoms with E-state index in [1.165, 1.54) is 17.7 Å². The monoisotopic (exact) mass is 395 g/mol. The number of halogens is 2. The van der Waals surface area contributed by atoms with Crippen molar-refractivity contribution < 1.29 is 9.53 Å². The molecule has 2 aliphatic rings. The third-order valence-corrected chi connectivity index (χ3v) is 5.33. The average Bonchev–Trinajstić information content (AvgIpc) is 3.08. The predicted octanol–water partition coefficient (Wildman–Crippen LogP) is 1.91. The van der Waals surface area contributed by atoms with Crippen LogP contribution >= 0.6 is 36.2 Å². The number of carbonyl (C=O) groups excluding carboxylic acids is 1. The van der Waals surface area contributed by atoms with Crippen LogP contribution in [0.1, 0.15) is 17.7 Å². The Bertz CT molecular complexity index is 462. The molecule has 2 N–H and O–H groups in total. The van der Waals surface area contributed by atoms with Crippen LogP contribution in [-0.4, -0.2) is 56.2 Å². The zero-order valence-corrected chi connectivity index (χ0v) is 16.2. The van der Waals surface area contributed by atoms with Gasteiger partial charge >= 0.3 is 0 Å². The first kappa shape index (κ1) is 21.7. The molecule has 1 amide bonds. The van der Waals surface area contributed by atoms with Gasteiger partial charge in [0.1, 0.15) is 6.04 Å². The fourth-order valence-electron chi connectivity index (χ4n) is 3.07. The number of nitrogens with zero attached hydrogens (tertiary/aromatic N) is 1. The second-order valence-electron chi connectivity index (χ2n) is 6.13. The second-order valence-corrected chi connectivity index (χ2v) is 7.16. The zero-order chi connectivity index (χ0) is 15.2. The van der Waals surface area contributed by atoms with Crippen LogP contribution in [0.25, 0.3) is 0 Å². The Kier molecular flexibility index (Phi) is 10.2. The van der Waals surface area contributed by atoms with E-state index in [1.807, 2.05) is 11.3 Å². The normalized spacial score (nSPS) is 22.2. The van der Waals surface area contributed by atoms with Gasteiger partial charge in [0.2, 0.25) is 5.91 Å². The van der Waals surface area contributed by atoms with Gasteiger partial charge < -0.3 is 15.4 Å². The molecule has 1 atom stereocenters. The van der Waals surface area contributed by atoms with E-state index in [1.54, 1.807) is 0 Å². The molecule has 2 fully saturated rings. The first-order valence-electron chi connectivity index (χ1n) is 8.15. The number of hydrogen-bond acceptors (Lipinski definition) is 5. The number of nitrogens with one attached hydrogen (secondary N) is 2. The number of amides is 1. The molecule has 138 valence electrons. The lowest BCUT2D eigenvalue weighted by molar-refractivity contribution is -0.126. The Morgan fingerprint density at radius 3 is 2.79 bits per heavy atom. The summed E-state index contributed by atoms with van der Waals surface area (Å²) in [6.07, 6.45) is 2.33. The minimum atomic E-state index is -0.173. The molecule has 24 heavy (non-hydrogen) atoms. The van der Waals surface area contributed by atoms with E-state index in [9.17, 15) is 4.79 Å². The summed E-state index contributed by atoms with van der Waals surface area (Å²) in [5.41, 5.74) is 0. The summed E-state index contributed by atoms with van der Waals surface area (Å²) in [7, 11) is 0. The molecular weight excluding hydrogens is 369 g/mol. The van der Waals surface area contributed by atoms with E-state index in [0.717, 1.165) is 32.7 Å². The van der Waals surface area contributed by atoms with E-state index >= 15 is 0 Å². The second kappa shape index (κ2) is 11.3. The molecule has 1 aromatic heterocycles. The highest BCUT2D eigenvalue weighted by atomic mass is 35.5. The molecule has 1 aromatic rings. The number of morpholine rings is 1. The van der Waals surface area contributed by atoms with E-state index < -0.39 is 0 Å². The first-order valence-corrected chi connectivity index (χ1v) is 9.03. The summed E-state index contributed by atoms with van der Waals surface area (Å²) < 4.78 is 5.33. The number of hydrogen-bond donors (Lipinski definition) is 2. The van der Waals surface area contributed by atoms with Gasteiger partial charge in [0, 0.05) is 24.5 Å². The molecule has 5 nitrogen and oxygen atoms in total. The lowest BCUT2D eigenvalue weighted by Crippen LogP contribution is -2.52. The van der Waals surface area contributed by atoms with Crippen LogP contribution < -0.4 is 10.6 Å². The zero-order valence-electron chi connectivity index (χ0n) is 13.7. The quantitative estimate of drug-likeness (QED) is 0.799. The highest BCUT2D eigenvalue weighted by Crippen LogP contribution is 2.20. The number of ether oxygens (including phenoxy) is 1. The van der Waals surface area contributed by atoms with Gasteiger partial charge in [-0.3, -0.25) is 9.69 Å². The Hall–Kier alpha value is -0.370. The van der Waals surface area contributed by atoms with Crippen molar-refractivity contribution in [2.75, 3.05) is 39.4 Å². The van der Waals surface area contributed by atoms with Crippen molar-refractivity contribution in [1.82, 2.24) is 15.5 Å². The van der Waals surface area contributed by atoms with Crippen molar-refractivity contribution in [1.29, 1.82) is 0 Å². The van der Waals surface area contributed by atoms with Crippen molar-refractivity contribution in [2.45, 2.75) is 25.4 Å². The van der Waals surface area contributed by atoms with Crippen LogP contribution in [0.5, 0.6) is 0 Å². The van der Waals surface area contributed by atoms with Crippen LogP contribution in [0.15, 0.2) is 17.5 Å². The lowest BCUT2D eigenvalue weighted by atomic mass is 9.96. The topological polar surface area (TPSA) is 53.6 Å². The molecule has 2 aliphatic heterocycles. The van der Waals surface area contributed by atoms with Gasteiger partial charge in [-0.05, 0) is 43.3 Å². The molecule has 3 heterocycles. The number of likely N-dealkylation sites (tertiary alicyclic amines) is 1. The molecule has 2 saturated heterocycles. The summed E-state index contributed by atoms with van der Waals surface area (Å²) in [4.78, 5) is 16.0. The average molecular weight is 396 g/mol. The molecule has 0 bridgehead atoms. The van der Waals surface area contributed by atoms with Crippen LogP contribution in [0.2, 0.25) is 0 Å². The molecule has 8 heteroatoms. The maximum Gasteiger partial charge on any atom is 0.239 e. The molecule has 1 unspecified atom stereocenters. The summed E-state index contributed by atoms with van der Waals surface area (Å²) in [5, 5.41) is 8.42. The molecule has 0 spiro atoms. The van der Waals surface area contributed by atoms with Crippen LogP contribution in [-0.2, 0) is 16.1 Å². The number of carbonyl (C=O) groups is 1. The van der Waals surface area contributed by atoms with Gasteiger partial charge in [-0.15, -0.1) is 36.2 Å². The number of piperidine rings is 1. The summed E-state index contributed by atoms with van der Waals surface area (Å²) >= 11 is 1.83. The van der Waals surface area contributed by atoms with Crippen molar-refractivity contribution in [3.05, 3.63) is 22.4 Å². The fraction of sp³-hybridized carbons (Fsp3) is 0.688. The Balaban J connectivity index is 0.00000144. The van der Waals surface area contributed by atoms with Gasteiger partial charge in [0.25, 0.3) is 0 Å². The first-order chi connectivity index (χ1) is 10.8. The van der Waals surface area contributed by atoms with Gasteiger partial charge in [-0.2, -0.15) is 0 Å². The van der Waals surface area contributed by atoms with E-state index in [0.29, 0.717) is 19.1 Å². The smallest absolute Gasteiger partial charge is 0.239 e. The number of thiophene rings is 1. The fourth-order valence-corrected chi connectivity index (χ4v) is 3.82. The summed E-state index contributed by atoms with van der Waals surface area (Å²) in [5.74, 6) is 0.689. The molecule has 0 aliphatic carbocycles. The van der Waals surface area contributed by atoms with Gasteiger partial charge in [0.15, 0.2) is 0 Å². The van der Waals surface area contributed by atoms with Crippen molar-refractivity contribution in [2.24, 2.45) is 5.92 Å². The largest absolute Gasteiger partial charge is 0.378 e. The summed E-state index contributed by atoms with van der Waals surface area (Å²) in [6, 6.07) is 4.15. The Labute approximate surface area is 160 Å². The molecule has 3 rings (SSSR count). The van der Waals surface area contributed by atoms with E-state index in [2.05, 4.69) is 33.0 Å². The van der Waals surface area contributed by atoms with Crippen LogP contribution in [0.3, 0.4) is 0 Å². The molecule has 0 saturated carbocycles. The van der Waals surface area contributed by atoms with Crippen molar-refractivity contribution in [3.8, 4) is 0 Å². The highest BCUT2D eigenvalue weighted by molar-refractivity contribution is 7.09. The van der Waals surface area contributed by atoms with Crippen molar-refractivity contribution >= 4 is 42.1 Å². The summed E-state index contributed by atoms with van der Waals surface area (Å²) in [6.45, 7) is 6.08. The van der Waals surface area contributed by atoms with E-state index in [4.69, 9.17) is 4.74 Å². The van der Waals surface area contributed by atoms with Crippen LogP contribution in [0, 0.1) is 5.92 Å². The third-order valence-electron chi connectivity index (χ3n) is 4.47. The number of rotatable bonds is 5. The lowest BCUT2D eigenvalue weighted by Gasteiger charge is -2.32. The van der Waals surface area contributed by atoms with Crippen molar-refractivity contribution in [3.63, 3.8) is 0 Å². The van der Waals surface area contributed by atoms with E-state index in [-0.39, 0.29) is 36.8 Å². The minimum Gasteiger partial charge on any atom is -0.378 e. The standard InChI is InChI=1S/C16H25N3O2S.2ClH/c20-16(15-12-21-8-5-17-15)18-10-13-3-6-19(7-4-13)11-14-2-1-9-22-14;;/h1-2,9,13,15,17H,3-8,10-12H2,(H,18,20);2*1H. The van der Waals surface area contributed by atoms with Gasteiger partial charge in [-0.25, -0.2) is 0 Å². The molecule has 0 radical (unpaired) electrons. The maximum absolute atomic E-state index is 12.1. The van der Waals surface area contributed by atoms with Crippen LogP contribution in [0.4, 0.5) is 0 Å². The minimum absolute atomic E-state index is 0. The predicted molar refractivity (Wildman–Crippen MR) is 102 cm³/mol. The SMILES string of the molecule is Cl.Cl.O=C(NCC1CCN(Cc2cccs2)CC1)C1COCCN1. The molecule has 0 aromatic carbocycles.